The maximum absolute atomic E-state index is 12.1. The summed E-state index contributed by atoms with van der Waals surface area (Å²) in [6.45, 7) is 0.893. The van der Waals surface area contributed by atoms with Gasteiger partial charge in [-0.2, -0.15) is 5.10 Å². The molecular formula is C13H13N3O2. The Hall–Kier alpha value is -2.30. The minimum absolute atomic E-state index is 0.0128. The fourth-order valence-corrected chi connectivity index (χ4v) is 2.07. The number of fused-ring (bicyclic) bond motifs is 1. The van der Waals surface area contributed by atoms with Gasteiger partial charge in [0, 0.05) is 23.9 Å². The zero-order valence-electron chi connectivity index (χ0n) is 9.72. The van der Waals surface area contributed by atoms with Crippen molar-refractivity contribution in [3.8, 4) is 5.75 Å². The van der Waals surface area contributed by atoms with E-state index in [1.165, 1.54) is 0 Å². The molecule has 0 saturated carbocycles. The Bertz CT molecular complexity index is 551. The van der Waals surface area contributed by atoms with Gasteiger partial charge in [0.1, 0.15) is 18.3 Å². The summed E-state index contributed by atoms with van der Waals surface area (Å²) in [7, 11) is 0. The number of aromatic nitrogens is 2. The molecule has 2 N–H and O–H groups in total. The number of carbonyl (C=O) groups is 1. The van der Waals surface area contributed by atoms with E-state index in [1.807, 2.05) is 24.3 Å². The van der Waals surface area contributed by atoms with E-state index in [0.29, 0.717) is 13.2 Å². The maximum Gasteiger partial charge on any atom is 0.231 e. The van der Waals surface area contributed by atoms with Crippen LogP contribution in [0.4, 0.5) is 0 Å². The second-order valence-electron chi connectivity index (χ2n) is 4.23. The second-order valence-corrected chi connectivity index (χ2v) is 4.23. The first-order valence-corrected chi connectivity index (χ1v) is 5.81. The lowest BCUT2D eigenvalue weighted by atomic mass is 10.0. The highest BCUT2D eigenvalue weighted by atomic mass is 16.5. The number of carbonyl (C=O) groups excluding carboxylic acids is 1. The molecule has 1 atom stereocenters. The first-order valence-electron chi connectivity index (χ1n) is 5.81. The lowest BCUT2D eigenvalue weighted by Gasteiger charge is -2.09. The van der Waals surface area contributed by atoms with Gasteiger partial charge >= 0.3 is 0 Å². The molecule has 5 nitrogen and oxygen atoms in total. The molecule has 0 aliphatic carbocycles. The van der Waals surface area contributed by atoms with Crippen LogP contribution in [0, 0.1) is 0 Å². The predicted octanol–water partition coefficient (Wildman–Crippen LogP) is 1.20. The Morgan fingerprint density at radius 3 is 3.22 bits per heavy atom. The van der Waals surface area contributed by atoms with Crippen molar-refractivity contribution in [2.45, 2.75) is 12.5 Å². The lowest BCUT2D eigenvalue weighted by Crippen LogP contribution is -2.29. The largest absolute Gasteiger partial charge is 0.492 e. The monoisotopic (exact) mass is 243 g/mol. The van der Waals surface area contributed by atoms with Crippen LogP contribution in [-0.2, 0) is 11.3 Å². The van der Waals surface area contributed by atoms with Crippen LogP contribution in [0.3, 0.4) is 0 Å². The van der Waals surface area contributed by atoms with Crippen molar-refractivity contribution in [2.75, 3.05) is 6.61 Å². The van der Waals surface area contributed by atoms with Gasteiger partial charge in [-0.1, -0.05) is 18.2 Å². The third kappa shape index (κ3) is 1.95. The molecule has 0 radical (unpaired) electrons. The fraction of sp³-hybridized carbons (Fsp3) is 0.231. The SMILES string of the molecule is O=C(NCc1cn[nH]c1)C1COc2ccccc21. The summed E-state index contributed by atoms with van der Waals surface area (Å²) in [6.07, 6.45) is 3.46. The van der Waals surface area contributed by atoms with Gasteiger partial charge < -0.3 is 10.1 Å². The van der Waals surface area contributed by atoms with E-state index < -0.39 is 0 Å². The molecule has 18 heavy (non-hydrogen) atoms. The molecule has 1 amide bonds. The average molecular weight is 243 g/mol. The summed E-state index contributed by atoms with van der Waals surface area (Å²) < 4.78 is 5.49. The third-order valence-corrected chi connectivity index (χ3v) is 3.04. The fourth-order valence-electron chi connectivity index (χ4n) is 2.07. The average Bonchev–Trinajstić information content (AvgIpc) is 3.05. The number of H-pyrrole nitrogens is 1. The smallest absolute Gasteiger partial charge is 0.231 e. The Balaban J connectivity index is 1.67. The standard InChI is InChI=1S/C13H13N3O2/c17-13(14-5-9-6-15-16-7-9)11-8-18-12-4-2-1-3-10(11)12/h1-4,6-7,11H,5,8H2,(H,14,17)(H,15,16). The zero-order chi connectivity index (χ0) is 12.4. The normalized spacial score (nSPS) is 17.0. The van der Waals surface area contributed by atoms with Crippen LogP contribution in [0.25, 0.3) is 0 Å². The van der Waals surface area contributed by atoms with Gasteiger partial charge in [0.15, 0.2) is 0 Å². The van der Waals surface area contributed by atoms with Crippen molar-refractivity contribution >= 4 is 5.91 Å². The van der Waals surface area contributed by atoms with E-state index in [4.69, 9.17) is 4.74 Å². The quantitative estimate of drug-likeness (QED) is 0.851. The summed E-state index contributed by atoms with van der Waals surface area (Å²) in [6, 6.07) is 7.65. The van der Waals surface area contributed by atoms with E-state index in [-0.39, 0.29) is 11.8 Å². The van der Waals surface area contributed by atoms with E-state index >= 15 is 0 Å². The van der Waals surface area contributed by atoms with Crippen LogP contribution in [-0.4, -0.2) is 22.7 Å². The van der Waals surface area contributed by atoms with Gasteiger partial charge in [0.25, 0.3) is 0 Å². The summed E-state index contributed by atoms with van der Waals surface area (Å²) >= 11 is 0. The summed E-state index contributed by atoms with van der Waals surface area (Å²) in [5.41, 5.74) is 1.91. The number of rotatable bonds is 3. The van der Waals surface area contributed by atoms with Gasteiger partial charge in [0.05, 0.1) is 6.20 Å². The maximum atomic E-state index is 12.1. The minimum atomic E-state index is -0.215. The first kappa shape index (κ1) is 10.8. The Morgan fingerprint density at radius 2 is 2.39 bits per heavy atom. The Labute approximate surface area is 104 Å². The van der Waals surface area contributed by atoms with Gasteiger partial charge in [-0.15, -0.1) is 0 Å². The Morgan fingerprint density at radius 1 is 1.50 bits per heavy atom. The van der Waals surface area contributed by atoms with Gasteiger partial charge in [0.2, 0.25) is 5.91 Å². The topological polar surface area (TPSA) is 67.0 Å². The molecule has 0 spiro atoms. The number of benzene rings is 1. The summed E-state index contributed by atoms with van der Waals surface area (Å²) in [5, 5.41) is 9.43. The van der Waals surface area contributed by atoms with Gasteiger partial charge in [-0.05, 0) is 6.07 Å². The minimum Gasteiger partial charge on any atom is -0.492 e. The van der Waals surface area contributed by atoms with Gasteiger partial charge in [-0.3, -0.25) is 9.89 Å². The zero-order valence-corrected chi connectivity index (χ0v) is 9.72. The molecule has 1 aliphatic rings. The molecule has 5 heteroatoms. The Kier molecular flexibility index (Phi) is 2.72. The molecule has 1 unspecified atom stereocenters. The predicted molar refractivity (Wildman–Crippen MR) is 65.1 cm³/mol. The highest BCUT2D eigenvalue weighted by Gasteiger charge is 2.29. The highest BCUT2D eigenvalue weighted by molar-refractivity contribution is 5.85. The number of nitrogens with zero attached hydrogens (tertiary/aromatic N) is 1. The molecule has 92 valence electrons. The van der Waals surface area contributed by atoms with Crippen molar-refractivity contribution in [3.63, 3.8) is 0 Å². The number of amides is 1. The molecule has 2 aromatic rings. The molecule has 1 aromatic heterocycles. The van der Waals surface area contributed by atoms with Crippen LogP contribution >= 0.6 is 0 Å². The van der Waals surface area contributed by atoms with Crippen molar-refractivity contribution in [1.82, 2.24) is 15.5 Å². The van der Waals surface area contributed by atoms with Crippen LogP contribution < -0.4 is 10.1 Å². The number of hydrogen-bond donors (Lipinski definition) is 2. The van der Waals surface area contributed by atoms with Crippen molar-refractivity contribution in [3.05, 3.63) is 47.8 Å². The lowest BCUT2D eigenvalue weighted by molar-refractivity contribution is -0.122. The van der Waals surface area contributed by atoms with Gasteiger partial charge in [-0.25, -0.2) is 0 Å². The van der Waals surface area contributed by atoms with Crippen LogP contribution in [0.15, 0.2) is 36.7 Å². The van der Waals surface area contributed by atoms with Crippen molar-refractivity contribution in [1.29, 1.82) is 0 Å². The van der Waals surface area contributed by atoms with Crippen molar-refractivity contribution in [2.24, 2.45) is 0 Å². The van der Waals surface area contributed by atoms with Crippen LogP contribution in [0.5, 0.6) is 5.75 Å². The molecular weight excluding hydrogens is 230 g/mol. The highest BCUT2D eigenvalue weighted by Crippen LogP contribution is 2.33. The number of para-hydroxylation sites is 1. The molecule has 3 rings (SSSR count). The van der Waals surface area contributed by atoms with E-state index in [9.17, 15) is 4.79 Å². The van der Waals surface area contributed by atoms with Crippen LogP contribution in [0.1, 0.15) is 17.0 Å². The number of hydrogen-bond acceptors (Lipinski definition) is 3. The summed E-state index contributed by atoms with van der Waals surface area (Å²) in [5.74, 6) is 0.579. The van der Waals surface area contributed by atoms with E-state index in [1.54, 1.807) is 12.4 Å². The molecule has 1 aliphatic heterocycles. The third-order valence-electron chi connectivity index (χ3n) is 3.04. The number of nitrogens with one attached hydrogen (secondary N) is 2. The number of aromatic amines is 1. The molecule has 0 fully saturated rings. The molecule has 2 heterocycles. The molecule has 0 bridgehead atoms. The van der Waals surface area contributed by atoms with Crippen molar-refractivity contribution < 1.29 is 9.53 Å². The van der Waals surface area contributed by atoms with Crippen LogP contribution in [0.2, 0.25) is 0 Å². The molecule has 0 saturated heterocycles. The second kappa shape index (κ2) is 4.52. The molecule has 1 aromatic carbocycles. The number of ether oxygens (including phenoxy) is 1. The summed E-state index contributed by atoms with van der Waals surface area (Å²) in [4.78, 5) is 12.1. The van der Waals surface area contributed by atoms with E-state index in [0.717, 1.165) is 16.9 Å². The van der Waals surface area contributed by atoms with E-state index in [2.05, 4.69) is 15.5 Å². The first-order chi connectivity index (χ1) is 8.84.